The summed E-state index contributed by atoms with van der Waals surface area (Å²) in [7, 11) is 0. The Kier molecular flexibility index (Phi) is 5.13. The highest BCUT2D eigenvalue weighted by Crippen LogP contribution is 2.29. The van der Waals surface area contributed by atoms with Crippen LogP contribution in [0.5, 0.6) is 0 Å². The molecule has 0 aliphatic heterocycles. The van der Waals surface area contributed by atoms with Crippen LogP contribution < -0.4 is 5.32 Å². The summed E-state index contributed by atoms with van der Waals surface area (Å²) in [5, 5.41) is 3.69. The van der Waals surface area contributed by atoms with Crippen molar-refractivity contribution >= 4 is 0 Å². The van der Waals surface area contributed by atoms with Gasteiger partial charge in [0.05, 0.1) is 6.04 Å². The average molecular weight is 282 g/mol. The molecule has 1 aromatic carbocycles. The lowest BCUT2D eigenvalue weighted by Gasteiger charge is -2.24. The number of rotatable bonds is 5. The monoisotopic (exact) mass is 282 g/mol. The second-order valence-electron chi connectivity index (χ2n) is 6.00. The first kappa shape index (κ1) is 15.7. The fourth-order valence-electron chi connectivity index (χ4n) is 3.06. The van der Waals surface area contributed by atoms with E-state index in [2.05, 4.69) is 63.1 Å². The van der Waals surface area contributed by atoms with Gasteiger partial charge in [-0.1, -0.05) is 30.7 Å². The van der Waals surface area contributed by atoms with E-state index in [1.165, 1.54) is 33.4 Å². The molecule has 1 heterocycles. The Hall–Kier alpha value is -1.67. The topological polar surface area (TPSA) is 24.9 Å². The number of nitrogens with one attached hydrogen (secondary N) is 1. The van der Waals surface area contributed by atoms with Gasteiger partial charge in [-0.25, -0.2) is 0 Å². The molecule has 0 saturated heterocycles. The van der Waals surface area contributed by atoms with Crippen molar-refractivity contribution < 1.29 is 0 Å². The molecule has 2 rings (SSSR count). The van der Waals surface area contributed by atoms with Crippen molar-refractivity contribution in [2.75, 3.05) is 6.54 Å². The van der Waals surface area contributed by atoms with E-state index in [-0.39, 0.29) is 6.04 Å². The number of nitrogens with zero attached hydrogens (tertiary/aromatic N) is 1. The van der Waals surface area contributed by atoms with Crippen LogP contribution in [0.15, 0.2) is 30.6 Å². The van der Waals surface area contributed by atoms with E-state index in [1.807, 2.05) is 12.4 Å². The van der Waals surface area contributed by atoms with Crippen LogP contribution in [0.4, 0.5) is 0 Å². The van der Waals surface area contributed by atoms with Crippen molar-refractivity contribution in [1.29, 1.82) is 0 Å². The predicted octanol–water partition coefficient (Wildman–Crippen LogP) is 4.40. The number of pyridine rings is 1. The van der Waals surface area contributed by atoms with E-state index in [0.717, 1.165) is 13.0 Å². The van der Waals surface area contributed by atoms with Crippen molar-refractivity contribution in [2.24, 2.45) is 0 Å². The zero-order valence-electron chi connectivity index (χ0n) is 13.8. The van der Waals surface area contributed by atoms with Gasteiger partial charge in [-0.3, -0.25) is 4.98 Å². The molecule has 2 nitrogen and oxygen atoms in total. The fraction of sp³-hybridized carbons (Fsp3) is 0.421. The van der Waals surface area contributed by atoms with Gasteiger partial charge in [-0.2, -0.15) is 0 Å². The standard InChI is InChI=1S/C19H26N2/c1-6-7-21-19(17-10-14(3)11-20-12-17)18-15(4)8-13(2)9-16(18)5/h8-12,19,21H,6-7H2,1-5H3. The highest BCUT2D eigenvalue weighted by Gasteiger charge is 2.18. The first-order valence-electron chi connectivity index (χ1n) is 7.75. The fourth-order valence-corrected chi connectivity index (χ4v) is 3.06. The van der Waals surface area contributed by atoms with Crippen molar-refractivity contribution in [1.82, 2.24) is 10.3 Å². The van der Waals surface area contributed by atoms with Gasteiger partial charge >= 0.3 is 0 Å². The molecule has 0 fully saturated rings. The molecule has 0 radical (unpaired) electrons. The molecule has 0 amide bonds. The Labute approximate surface area is 128 Å². The van der Waals surface area contributed by atoms with Gasteiger partial charge in [0.1, 0.15) is 0 Å². The quantitative estimate of drug-likeness (QED) is 0.879. The zero-order chi connectivity index (χ0) is 15.4. The maximum absolute atomic E-state index is 4.38. The summed E-state index contributed by atoms with van der Waals surface area (Å²) < 4.78 is 0. The van der Waals surface area contributed by atoms with Crippen LogP contribution in [0.1, 0.15) is 52.8 Å². The van der Waals surface area contributed by atoms with Crippen molar-refractivity contribution in [3.8, 4) is 0 Å². The summed E-state index contributed by atoms with van der Waals surface area (Å²) in [5.41, 5.74) is 7.87. The lowest BCUT2D eigenvalue weighted by molar-refractivity contribution is 0.592. The van der Waals surface area contributed by atoms with E-state index in [0.29, 0.717) is 0 Å². The van der Waals surface area contributed by atoms with E-state index in [9.17, 15) is 0 Å². The highest BCUT2D eigenvalue weighted by molar-refractivity contribution is 5.44. The summed E-state index contributed by atoms with van der Waals surface area (Å²) in [6, 6.07) is 7.00. The van der Waals surface area contributed by atoms with Gasteiger partial charge < -0.3 is 5.32 Å². The maximum atomic E-state index is 4.38. The van der Waals surface area contributed by atoms with E-state index >= 15 is 0 Å². The third kappa shape index (κ3) is 3.70. The number of hydrogen-bond donors (Lipinski definition) is 1. The first-order valence-corrected chi connectivity index (χ1v) is 7.75. The van der Waals surface area contributed by atoms with E-state index in [1.54, 1.807) is 0 Å². The summed E-state index contributed by atoms with van der Waals surface area (Å²) >= 11 is 0. The number of aromatic nitrogens is 1. The van der Waals surface area contributed by atoms with E-state index < -0.39 is 0 Å². The molecule has 2 heteroatoms. The van der Waals surface area contributed by atoms with Gasteiger partial charge in [-0.05, 0) is 68.5 Å². The van der Waals surface area contributed by atoms with Gasteiger partial charge in [0.15, 0.2) is 0 Å². The normalized spacial score (nSPS) is 12.4. The van der Waals surface area contributed by atoms with Crippen LogP contribution >= 0.6 is 0 Å². The van der Waals surface area contributed by atoms with Gasteiger partial charge in [0.25, 0.3) is 0 Å². The van der Waals surface area contributed by atoms with Gasteiger partial charge in [0, 0.05) is 12.4 Å². The molecular weight excluding hydrogens is 256 g/mol. The lowest BCUT2D eigenvalue weighted by Crippen LogP contribution is -2.25. The Morgan fingerprint density at radius 1 is 0.952 bits per heavy atom. The van der Waals surface area contributed by atoms with Crippen molar-refractivity contribution in [2.45, 2.75) is 47.1 Å². The summed E-state index contributed by atoms with van der Waals surface area (Å²) in [4.78, 5) is 4.38. The molecule has 0 aliphatic rings. The van der Waals surface area contributed by atoms with Crippen LogP contribution in [0.3, 0.4) is 0 Å². The SMILES string of the molecule is CCCNC(c1cncc(C)c1)c1c(C)cc(C)cc1C. The van der Waals surface area contributed by atoms with Crippen molar-refractivity contribution in [3.63, 3.8) is 0 Å². The molecule has 2 aromatic rings. The Bertz CT molecular complexity index is 594. The molecule has 0 aliphatic carbocycles. The number of aryl methyl sites for hydroxylation is 4. The minimum absolute atomic E-state index is 0.220. The smallest absolute Gasteiger partial charge is 0.0597 e. The van der Waals surface area contributed by atoms with Crippen LogP contribution in [0.25, 0.3) is 0 Å². The zero-order valence-corrected chi connectivity index (χ0v) is 13.8. The largest absolute Gasteiger partial charge is 0.306 e. The Balaban J connectivity index is 2.50. The molecule has 1 unspecified atom stereocenters. The molecular formula is C19H26N2. The molecule has 0 bridgehead atoms. The summed E-state index contributed by atoms with van der Waals surface area (Å²) in [6.07, 6.45) is 5.02. The van der Waals surface area contributed by atoms with Crippen LogP contribution in [0, 0.1) is 27.7 Å². The van der Waals surface area contributed by atoms with Crippen molar-refractivity contribution in [3.05, 3.63) is 64.0 Å². The van der Waals surface area contributed by atoms with E-state index in [4.69, 9.17) is 0 Å². The van der Waals surface area contributed by atoms with Crippen LogP contribution in [-0.2, 0) is 0 Å². The molecule has 1 atom stereocenters. The molecule has 0 saturated carbocycles. The molecule has 112 valence electrons. The van der Waals surface area contributed by atoms with Crippen LogP contribution in [-0.4, -0.2) is 11.5 Å². The molecule has 0 spiro atoms. The number of benzene rings is 1. The predicted molar refractivity (Wildman–Crippen MR) is 89.8 cm³/mol. The lowest BCUT2D eigenvalue weighted by atomic mass is 9.90. The Morgan fingerprint density at radius 2 is 1.62 bits per heavy atom. The third-order valence-corrected chi connectivity index (χ3v) is 3.85. The summed E-state index contributed by atoms with van der Waals surface area (Å²) in [5.74, 6) is 0. The molecule has 1 aromatic heterocycles. The highest BCUT2D eigenvalue weighted by atomic mass is 14.9. The summed E-state index contributed by atoms with van der Waals surface area (Å²) in [6.45, 7) is 11.9. The van der Waals surface area contributed by atoms with Crippen LogP contribution in [0.2, 0.25) is 0 Å². The minimum Gasteiger partial charge on any atom is -0.306 e. The molecule has 1 N–H and O–H groups in total. The van der Waals surface area contributed by atoms with Gasteiger partial charge in [-0.15, -0.1) is 0 Å². The maximum Gasteiger partial charge on any atom is 0.0597 e. The Morgan fingerprint density at radius 3 is 2.19 bits per heavy atom. The first-order chi connectivity index (χ1) is 10.0. The number of hydrogen-bond acceptors (Lipinski definition) is 2. The van der Waals surface area contributed by atoms with Gasteiger partial charge in [0.2, 0.25) is 0 Å². The average Bonchev–Trinajstić information content (AvgIpc) is 2.41. The minimum atomic E-state index is 0.220. The second-order valence-corrected chi connectivity index (χ2v) is 6.00. The molecule has 21 heavy (non-hydrogen) atoms. The second kappa shape index (κ2) is 6.86. The third-order valence-electron chi connectivity index (χ3n) is 3.85.